The monoisotopic (exact) mass is 484 g/mol. The summed E-state index contributed by atoms with van der Waals surface area (Å²) in [5.74, 6) is -1.64. The Kier molecular flexibility index (Phi) is 6.53. The van der Waals surface area contributed by atoms with Crippen LogP contribution in [0.4, 0.5) is 29.3 Å². The molecule has 2 amide bonds. The standard InChI is InChI=1S/C26H23F3N2O4/c27-26(28,29)19-7-4-8-20(13-19)30-24(34)31-22-14-18(25(35)12-11-17(15-25)23(32)33)9-10-21(22)16-5-2-1-3-6-16/h1-10,13-14,17,35H,11-12,15H2,(H,32,33)(H2,30,31,34). The van der Waals surface area contributed by atoms with Crippen molar-refractivity contribution in [2.24, 2.45) is 5.92 Å². The summed E-state index contributed by atoms with van der Waals surface area (Å²) in [7, 11) is 0. The summed E-state index contributed by atoms with van der Waals surface area (Å²) in [6, 6.07) is 17.6. The molecule has 9 heteroatoms. The summed E-state index contributed by atoms with van der Waals surface area (Å²) in [5.41, 5.74) is -0.111. The summed E-state index contributed by atoms with van der Waals surface area (Å²) in [6.45, 7) is 0. The van der Waals surface area contributed by atoms with Crippen molar-refractivity contribution in [2.45, 2.75) is 31.0 Å². The topological polar surface area (TPSA) is 98.7 Å². The first-order valence-corrected chi connectivity index (χ1v) is 11.0. The van der Waals surface area contributed by atoms with Gasteiger partial charge in [0, 0.05) is 11.3 Å². The van der Waals surface area contributed by atoms with E-state index in [0.717, 1.165) is 17.7 Å². The Balaban J connectivity index is 1.64. The van der Waals surface area contributed by atoms with Crippen LogP contribution in [0.25, 0.3) is 11.1 Å². The fraction of sp³-hybridized carbons (Fsp3) is 0.231. The number of hydrogen-bond acceptors (Lipinski definition) is 3. The summed E-state index contributed by atoms with van der Waals surface area (Å²) < 4.78 is 39.0. The van der Waals surface area contributed by atoms with E-state index in [9.17, 15) is 33.0 Å². The van der Waals surface area contributed by atoms with Crippen molar-refractivity contribution in [2.75, 3.05) is 10.6 Å². The Morgan fingerprint density at radius 1 is 0.943 bits per heavy atom. The fourth-order valence-electron chi connectivity index (χ4n) is 4.36. The maximum absolute atomic E-state index is 13.0. The number of carboxylic acids is 1. The van der Waals surface area contributed by atoms with Crippen LogP contribution in [0.15, 0.2) is 72.8 Å². The van der Waals surface area contributed by atoms with Gasteiger partial charge in [-0.1, -0.05) is 48.5 Å². The molecule has 0 spiro atoms. The maximum atomic E-state index is 13.0. The highest BCUT2D eigenvalue weighted by molar-refractivity contribution is 6.02. The summed E-state index contributed by atoms with van der Waals surface area (Å²) in [6.07, 6.45) is -3.92. The van der Waals surface area contributed by atoms with Crippen LogP contribution >= 0.6 is 0 Å². The third kappa shape index (κ3) is 5.46. The van der Waals surface area contributed by atoms with Crippen molar-refractivity contribution in [3.8, 4) is 11.1 Å². The lowest BCUT2D eigenvalue weighted by Gasteiger charge is -2.25. The second kappa shape index (κ2) is 9.42. The lowest BCUT2D eigenvalue weighted by Crippen LogP contribution is -2.24. The van der Waals surface area contributed by atoms with Gasteiger partial charge in [-0.2, -0.15) is 13.2 Å². The SMILES string of the molecule is O=C(Nc1cccc(C(F)(F)F)c1)Nc1cc(C2(O)CCC(C(=O)O)C2)ccc1-c1ccccc1. The quantitative estimate of drug-likeness (QED) is 0.352. The lowest BCUT2D eigenvalue weighted by atomic mass is 9.89. The van der Waals surface area contributed by atoms with Crippen molar-refractivity contribution in [1.82, 2.24) is 0 Å². The van der Waals surface area contributed by atoms with E-state index in [-0.39, 0.29) is 18.5 Å². The number of carbonyl (C=O) groups excluding carboxylic acids is 1. The smallest absolute Gasteiger partial charge is 0.416 e. The Hall–Kier alpha value is -3.85. The van der Waals surface area contributed by atoms with Gasteiger partial charge in [0.1, 0.15) is 0 Å². The van der Waals surface area contributed by atoms with Crippen molar-refractivity contribution in [3.05, 3.63) is 83.9 Å². The molecule has 35 heavy (non-hydrogen) atoms. The number of hydrogen-bond donors (Lipinski definition) is 4. The van der Waals surface area contributed by atoms with Gasteiger partial charge in [-0.15, -0.1) is 0 Å². The number of nitrogens with one attached hydrogen (secondary N) is 2. The lowest BCUT2D eigenvalue weighted by molar-refractivity contribution is -0.142. The third-order valence-electron chi connectivity index (χ3n) is 6.18. The summed E-state index contributed by atoms with van der Waals surface area (Å²) in [5, 5.41) is 25.6. The van der Waals surface area contributed by atoms with Gasteiger partial charge in [-0.25, -0.2) is 4.79 Å². The first kappa shape index (κ1) is 24.3. The average molecular weight is 484 g/mol. The van der Waals surface area contributed by atoms with Gasteiger partial charge in [0.05, 0.1) is 22.8 Å². The van der Waals surface area contributed by atoms with Crippen LogP contribution in [0.2, 0.25) is 0 Å². The van der Waals surface area contributed by atoms with Crippen molar-refractivity contribution >= 4 is 23.4 Å². The third-order valence-corrected chi connectivity index (χ3v) is 6.18. The number of amides is 2. The van der Waals surface area contributed by atoms with E-state index in [4.69, 9.17) is 0 Å². The molecule has 1 fully saturated rings. The number of anilines is 2. The van der Waals surface area contributed by atoms with Crippen LogP contribution in [0.5, 0.6) is 0 Å². The van der Waals surface area contributed by atoms with E-state index in [1.165, 1.54) is 12.1 Å². The van der Waals surface area contributed by atoms with Gasteiger partial charge in [0.25, 0.3) is 0 Å². The van der Waals surface area contributed by atoms with Crippen LogP contribution in [0.3, 0.4) is 0 Å². The minimum atomic E-state index is -4.55. The van der Waals surface area contributed by atoms with Gasteiger partial charge in [-0.05, 0) is 54.7 Å². The van der Waals surface area contributed by atoms with Gasteiger partial charge >= 0.3 is 18.2 Å². The number of aliphatic hydroxyl groups is 1. The summed E-state index contributed by atoms with van der Waals surface area (Å²) >= 11 is 0. The number of aliphatic carboxylic acids is 1. The number of alkyl halides is 3. The van der Waals surface area contributed by atoms with Gasteiger partial charge in [-0.3, -0.25) is 4.79 Å². The zero-order chi connectivity index (χ0) is 25.2. The van der Waals surface area contributed by atoms with Crippen molar-refractivity contribution < 1.29 is 33.0 Å². The van der Waals surface area contributed by atoms with Crippen LogP contribution in [-0.2, 0) is 16.6 Å². The normalized spacial score (nSPS) is 19.8. The van der Waals surface area contributed by atoms with E-state index in [1.807, 2.05) is 30.3 Å². The number of carbonyl (C=O) groups is 2. The molecule has 2 unspecified atom stereocenters. The number of carboxylic acid groups (broad SMARTS) is 1. The molecule has 1 saturated carbocycles. The van der Waals surface area contributed by atoms with E-state index in [0.29, 0.717) is 23.2 Å². The number of halogens is 3. The Bertz CT molecular complexity index is 1250. The Morgan fingerprint density at radius 2 is 1.69 bits per heavy atom. The van der Waals surface area contributed by atoms with E-state index < -0.39 is 35.3 Å². The second-order valence-corrected chi connectivity index (χ2v) is 8.59. The molecule has 182 valence electrons. The number of rotatable bonds is 5. The number of benzene rings is 3. The van der Waals surface area contributed by atoms with Crippen LogP contribution in [-0.4, -0.2) is 22.2 Å². The maximum Gasteiger partial charge on any atom is 0.416 e. The molecule has 3 aromatic carbocycles. The van der Waals surface area contributed by atoms with E-state index in [1.54, 1.807) is 18.2 Å². The predicted molar refractivity (Wildman–Crippen MR) is 125 cm³/mol. The highest BCUT2D eigenvalue weighted by Crippen LogP contribution is 2.44. The zero-order valence-corrected chi connectivity index (χ0v) is 18.5. The van der Waals surface area contributed by atoms with Crippen molar-refractivity contribution in [3.63, 3.8) is 0 Å². The first-order valence-electron chi connectivity index (χ1n) is 11.0. The van der Waals surface area contributed by atoms with E-state index in [2.05, 4.69) is 10.6 Å². The molecule has 0 radical (unpaired) electrons. The van der Waals surface area contributed by atoms with Crippen LogP contribution in [0, 0.1) is 5.92 Å². The minimum absolute atomic E-state index is 0.0338. The minimum Gasteiger partial charge on any atom is -0.481 e. The number of urea groups is 1. The second-order valence-electron chi connectivity index (χ2n) is 8.59. The molecule has 0 aromatic heterocycles. The zero-order valence-electron chi connectivity index (χ0n) is 18.5. The Labute approximate surface area is 199 Å². The highest BCUT2D eigenvalue weighted by Gasteiger charge is 2.42. The largest absolute Gasteiger partial charge is 0.481 e. The molecule has 0 saturated heterocycles. The average Bonchev–Trinajstić information content (AvgIpc) is 3.23. The Morgan fingerprint density at radius 3 is 2.34 bits per heavy atom. The van der Waals surface area contributed by atoms with Crippen LogP contribution < -0.4 is 10.6 Å². The van der Waals surface area contributed by atoms with Crippen LogP contribution in [0.1, 0.15) is 30.4 Å². The predicted octanol–water partition coefficient (Wildman–Crippen LogP) is 6.09. The molecule has 4 N–H and O–H groups in total. The molecule has 1 aliphatic carbocycles. The fourth-order valence-corrected chi connectivity index (χ4v) is 4.36. The molecule has 4 rings (SSSR count). The molecule has 6 nitrogen and oxygen atoms in total. The van der Waals surface area contributed by atoms with Gasteiger partial charge in [0.2, 0.25) is 0 Å². The molecule has 0 heterocycles. The molecule has 0 aliphatic heterocycles. The van der Waals surface area contributed by atoms with E-state index >= 15 is 0 Å². The molecule has 3 aromatic rings. The highest BCUT2D eigenvalue weighted by atomic mass is 19.4. The van der Waals surface area contributed by atoms with Gasteiger partial charge < -0.3 is 20.8 Å². The van der Waals surface area contributed by atoms with Gasteiger partial charge in [0.15, 0.2) is 0 Å². The molecular weight excluding hydrogens is 461 g/mol. The van der Waals surface area contributed by atoms with Crippen molar-refractivity contribution in [1.29, 1.82) is 0 Å². The molecule has 2 atom stereocenters. The molecule has 0 bridgehead atoms. The molecule has 1 aliphatic rings. The first-order chi connectivity index (χ1) is 16.5. The molecular formula is C26H23F3N2O4. The summed E-state index contributed by atoms with van der Waals surface area (Å²) in [4.78, 5) is 24.1.